The van der Waals surface area contributed by atoms with Crippen LogP contribution in [0.2, 0.25) is 5.02 Å². The molecule has 1 aromatic heterocycles. The molecule has 0 aliphatic carbocycles. The molecule has 0 radical (unpaired) electrons. The molecule has 37 heavy (non-hydrogen) atoms. The molecule has 0 spiro atoms. The zero-order valence-corrected chi connectivity index (χ0v) is 21.6. The van der Waals surface area contributed by atoms with Gasteiger partial charge in [0.1, 0.15) is 10.1 Å². The molecule has 2 amide bonds. The van der Waals surface area contributed by atoms with E-state index >= 15 is 0 Å². The average molecular weight is 540 g/mol. The van der Waals surface area contributed by atoms with Crippen LogP contribution >= 0.6 is 23.4 Å². The summed E-state index contributed by atoms with van der Waals surface area (Å²) >= 11 is 7.10. The van der Waals surface area contributed by atoms with Gasteiger partial charge in [0.2, 0.25) is 11.1 Å². The van der Waals surface area contributed by atoms with E-state index in [4.69, 9.17) is 17.0 Å². The number of aliphatic imine (C=N–C) groups is 1. The number of nitrogens with one attached hydrogen (secondary N) is 1. The number of thioether (sulfide) groups is 1. The number of hydrogen-bond donors (Lipinski definition) is 1. The van der Waals surface area contributed by atoms with Gasteiger partial charge >= 0.3 is 0 Å². The topological polar surface area (TPSA) is 137 Å². The molecule has 0 atom stereocenters. The van der Waals surface area contributed by atoms with E-state index in [0.717, 1.165) is 43.4 Å². The Labute approximate surface area is 221 Å². The summed E-state index contributed by atoms with van der Waals surface area (Å²) in [6, 6.07) is 6.37. The lowest BCUT2D eigenvalue weighted by Crippen LogP contribution is -2.35. The molecule has 0 unspecified atom stereocenters. The van der Waals surface area contributed by atoms with Gasteiger partial charge in [0.15, 0.2) is 5.84 Å². The van der Waals surface area contributed by atoms with Crippen molar-refractivity contribution in [2.24, 2.45) is 10.1 Å². The van der Waals surface area contributed by atoms with Crippen molar-refractivity contribution in [3.8, 4) is 5.69 Å². The number of nitro benzene ring substituents is 1. The maximum atomic E-state index is 12.9. The number of carbonyl (C=O) groups excluding carboxylic acids is 2. The second-order valence-electron chi connectivity index (χ2n) is 8.83. The number of rotatable bonds is 5. The van der Waals surface area contributed by atoms with Gasteiger partial charge < -0.3 is 9.47 Å². The fraction of sp³-hybridized carbons (Fsp3) is 0.292. The summed E-state index contributed by atoms with van der Waals surface area (Å²) in [6.45, 7) is 5.14. The van der Waals surface area contributed by atoms with Crippen molar-refractivity contribution in [1.29, 1.82) is 5.41 Å². The van der Waals surface area contributed by atoms with Crippen LogP contribution in [0.4, 0.5) is 5.69 Å². The summed E-state index contributed by atoms with van der Waals surface area (Å²) in [5.41, 5.74) is 2.55. The van der Waals surface area contributed by atoms with Crippen LogP contribution in [0, 0.1) is 29.4 Å². The Bertz CT molecular complexity index is 1470. The molecule has 3 aliphatic heterocycles. The van der Waals surface area contributed by atoms with E-state index in [9.17, 15) is 19.7 Å². The van der Waals surface area contributed by atoms with Gasteiger partial charge in [-0.1, -0.05) is 11.6 Å². The molecule has 5 rings (SSSR count). The molecule has 1 aromatic carbocycles. The first-order valence-corrected chi connectivity index (χ1v) is 12.7. The van der Waals surface area contributed by atoms with Gasteiger partial charge in [-0.15, -0.1) is 0 Å². The summed E-state index contributed by atoms with van der Waals surface area (Å²) in [7, 11) is 0. The summed E-state index contributed by atoms with van der Waals surface area (Å²) in [5.74, 6) is -0.719. The van der Waals surface area contributed by atoms with Gasteiger partial charge in [-0.05, 0) is 68.3 Å². The number of nitrogens with zero attached hydrogens (tertiary/aromatic N) is 6. The number of aromatic nitrogens is 1. The Balaban J connectivity index is 1.43. The van der Waals surface area contributed by atoms with Crippen molar-refractivity contribution in [2.75, 3.05) is 13.1 Å². The van der Waals surface area contributed by atoms with Gasteiger partial charge in [-0.2, -0.15) is 15.1 Å². The zero-order valence-electron chi connectivity index (χ0n) is 20.0. The third-order valence-corrected chi connectivity index (χ3v) is 7.64. The molecular weight excluding hydrogens is 518 g/mol. The number of benzene rings is 1. The number of likely N-dealkylation sites (tertiary alicyclic amines) is 1. The number of amides is 2. The van der Waals surface area contributed by atoms with E-state index in [2.05, 4.69) is 10.1 Å². The van der Waals surface area contributed by atoms with Crippen molar-refractivity contribution >= 4 is 63.0 Å². The van der Waals surface area contributed by atoms with Crippen LogP contribution in [0.3, 0.4) is 0 Å². The van der Waals surface area contributed by atoms with E-state index in [1.54, 1.807) is 17.0 Å². The van der Waals surface area contributed by atoms with Crippen LogP contribution in [0.5, 0.6) is 0 Å². The molecule has 13 heteroatoms. The van der Waals surface area contributed by atoms with Crippen LogP contribution in [0.15, 0.2) is 39.9 Å². The average Bonchev–Trinajstić information content (AvgIpc) is 3.57. The maximum Gasteiger partial charge on any atom is 0.289 e. The number of fused-ring (bicyclic) bond motifs is 1. The minimum atomic E-state index is -0.571. The smallest absolute Gasteiger partial charge is 0.289 e. The first kappa shape index (κ1) is 24.9. The van der Waals surface area contributed by atoms with Crippen LogP contribution in [-0.2, 0) is 9.59 Å². The van der Waals surface area contributed by atoms with Gasteiger partial charge in [-0.25, -0.2) is 0 Å². The quantitative estimate of drug-likeness (QED) is 0.342. The third-order valence-electron chi connectivity index (χ3n) is 6.41. The zero-order chi connectivity index (χ0) is 26.4. The van der Waals surface area contributed by atoms with Crippen LogP contribution in [0.25, 0.3) is 11.8 Å². The second-order valence-corrected chi connectivity index (χ2v) is 10.3. The molecule has 11 nitrogen and oxygen atoms in total. The minimum Gasteiger partial charge on any atom is -0.342 e. The van der Waals surface area contributed by atoms with E-state index in [1.165, 1.54) is 17.1 Å². The van der Waals surface area contributed by atoms with Crippen molar-refractivity contribution in [2.45, 2.75) is 33.1 Å². The van der Waals surface area contributed by atoms with E-state index in [-0.39, 0.29) is 39.6 Å². The maximum absolute atomic E-state index is 12.9. The molecule has 190 valence electrons. The van der Waals surface area contributed by atoms with E-state index in [0.29, 0.717) is 22.0 Å². The normalized spacial score (nSPS) is 18.4. The number of halogens is 1. The number of amidine groups is 2. The molecule has 0 saturated carbocycles. The van der Waals surface area contributed by atoms with Crippen LogP contribution in [0.1, 0.15) is 36.2 Å². The third kappa shape index (κ3) is 4.58. The van der Waals surface area contributed by atoms with Gasteiger partial charge in [0.25, 0.3) is 11.6 Å². The van der Waals surface area contributed by atoms with Gasteiger partial charge in [-0.3, -0.25) is 25.1 Å². The predicted molar refractivity (Wildman–Crippen MR) is 142 cm³/mol. The van der Waals surface area contributed by atoms with Crippen LogP contribution in [-0.4, -0.2) is 60.4 Å². The minimum absolute atomic E-state index is 0.0207. The van der Waals surface area contributed by atoms with Crippen LogP contribution < -0.4 is 0 Å². The highest BCUT2D eigenvalue weighted by molar-refractivity contribution is 8.27. The van der Waals surface area contributed by atoms with E-state index < -0.39 is 10.8 Å². The fourth-order valence-electron chi connectivity index (χ4n) is 4.58. The highest BCUT2D eigenvalue weighted by atomic mass is 35.5. The molecule has 1 fully saturated rings. The monoisotopic (exact) mass is 539 g/mol. The van der Waals surface area contributed by atoms with Crippen molar-refractivity contribution in [3.05, 3.63) is 61.9 Å². The number of aryl methyl sites for hydroxylation is 1. The van der Waals surface area contributed by atoms with Gasteiger partial charge in [0, 0.05) is 30.5 Å². The fourth-order valence-corrected chi connectivity index (χ4v) is 5.64. The first-order valence-electron chi connectivity index (χ1n) is 11.5. The number of carbonyl (C=O) groups is 2. The molecular formula is C24H22ClN7O4S. The second kappa shape index (κ2) is 9.60. The van der Waals surface area contributed by atoms with Gasteiger partial charge in [0.05, 0.1) is 22.6 Å². The van der Waals surface area contributed by atoms with E-state index in [1.807, 2.05) is 24.5 Å². The number of hydrazone groups is 1. The summed E-state index contributed by atoms with van der Waals surface area (Å²) in [6.07, 6.45) is 3.66. The molecule has 4 heterocycles. The SMILES string of the molecule is Cc1cc(C=C2C(=N)N3N=C(CC(=O)N4CCCC4)SC3=NC2=O)c(C)n1-c1ccc(Cl)c([N+](=O)[O-])c1. The predicted octanol–water partition coefficient (Wildman–Crippen LogP) is 4.29. The molecule has 2 aromatic rings. The Morgan fingerprint density at radius 3 is 2.70 bits per heavy atom. The Hall–Kier alpha value is -3.77. The number of hydrogen-bond acceptors (Lipinski definition) is 7. The summed E-state index contributed by atoms with van der Waals surface area (Å²) in [5, 5.41) is 26.4. The Morgan fingerprint density at radius 2 is 2.00 bits per heavy atom. The highest BCUT2D eigenvalue weighted by Crippen LogP contribution is 2.32. The largest absolute Gasteiger partial charge is 0.342 e. The lowest BCUT2D eigenvalue weighted by Gasteiger charge is -2.20. The summed E-state index contributed by atoms with van der Waals surface area (Å²) < 4.78 is 1.81. The van der Waals surface area contributed by atoms with Crippen molar-refractivity contribution < 1.29 is 14.5 Å². The first-order chi connectivity index (χ1) is 17.6. The Kier molecular flexibility index (Phi) is 6.46. The molecule has 0 bridgehead atoms. The summed E-state index contributed by atoms with van der Waals surface area (Å²) in [4.78, 5) is 42.1. The van der Waals surface area contributed by atoms with Crippen molar-refractivity contribution in [1.82, 2.24) is 14.5 Å². The molecule has 3 aliphatic rings. The molecule has 1 saturated heterocycles. The number of nitro groups is 1. The lowest BCUT2D eigenvalue weighted by molar-refractivity contribution is -0.384. The van der Waals surface area contributed by atoms with Crippen molar-refractivity contribution in [3.63, 3.8) is 0 Å². The Morgan fingerprint density at radius 1 is 1.27 bits per heavy atom. The standard InChI is InChI=1S/C24H22ClN7O4S/c1-13-9-15(14(2)30(13)16-5-6-18(25)19(11-16)32(35)36)10-17-22(26)31-24(27-23(17)34)37-20(28-31)12-21(33)29-7-3-4-8-29/h5-6,9-11,26H,3-4,7-8,12H2,1-2H3. The lowest BCUT2D eigenvalue weighted by atomic mass is 10.1. The highest BCUT2D eigenvalue weighted by Gasteiger charge is 2.37. The molecule has 1 N–H and O–H groups in total.